The Balaban J connectivity index is 0.00000156. The van der Waals surface area contributed by atoms with E-state index in [9.17, 15) is 9.90 Å². The van der Waals surface area contributed by atoms with E-state index < -0.39 is 0 Å². The zero-order valence-corrected chi connectivity index (χ0v) is 16.1. The molecule has 1 aliphatic carbocycles. The number of carbonyl (C=O) groups is 1. The summed E-state index contributed by atoms with van der Waals surface area (Å²) in [7, 11) is 0. The van der Waals surface area contributed by atoms with Crippen LogP contribution >= 0.6 is 24.8 Å². The third-order valence-corrected chi connectivity index (χ3v) is 5.20. The number of phenolic OH excluding ortho intramolecular Hbond substituents is 1. The lowest BCUT2D eigenvalue weighted by Gasteiger charge is -2.35. The molecular formula is C18H29Cl2N3O2. The number of carbonyl (C=O) groups excluding carboxylic acids is 1. The van der Waals surface area contributed by atoms with E-state index in [1.54, 1.807) is 12.1 Å². The largest absolute Gasteiger partial charge is 0.508 e. The molecule has 1 aliphatic heterocycles. The van der Waals surface area contributed by atoms with Gasteiger partial charge in [-0.25, -0.2) is 0 Å². The smallest absolute Gasteiger partial charge is 0.222 e. The number of phenols is 1. The van der Waals surface area contributed by atoms with Crippen molar-refractivity contribution in [3.05, 3.63) is 29.8 Å². The Labute approximate surface area is 162 Å². The van der Waals surface area contributed by atoms with E-state index >= 15 is 0 Å². The van der Waals surface area contributed by atoms with Crippen molar-refractivity contribution in [3.8, 4) is 5.75 Å². The van der Waals surface area contributed by atoms with Crippen LogP contribution in [0.1, 0.15) is 31.2 Å². The molecule has 1 saturated heterocycles. The van der Waals surface area contributed by atoms with E-state index in [0.717, 1.165) is 57.5 Å². The van der Waals surface area contributed by atoms with Crippen LogP contribution in [0.5, 0.6) is 5.75 Å². The summed E-state index contributed by atoms with van der Waals surface area (Å²) in [5.74, 6) is 0.960. The summed E-state index contributed by atoms with van der Waals surface area (Å²) in [6.07, 6.45) is 3.95. The van der Waals surface area contributed by atoms with Crippen LogP contribution in [0.3, 0.4) is 0 Å². The van der Waals surface area contributed by atoms with Crippen LogP contribution in [0.15, 0.2) is 24.3 Å². The lowest BCUT2D eigenvalue weighted by atomic mass is 9.99. The van der Waals surface area contributed by atoms with Crippen LogP contribution in [-0.2, 0) is 11.3 Å². The topological polar surface area (TPSA) is 69.8 Å². The van der Waals surface area contributed by atoms with Gasteiger partial charge in [-0.1, -0.05) is 18.6 Å². The number of benzene rings is 1. The van der Waals surface area contributed by atoms with E-state index in [2.05, 4.69) is 4.90 Å². The molecule has 3 rings (SSSR count). The predicted octanol–water partition coefficient (Wildman–Crippen LogP) is 2.40. The Hall–Kier alpha value is -1.01. The number of halogens is 2. The summed E-state index contributed by atoms with van der Waals surface area (Å²) in [6.45, 7) is 4.18. The Morgan fingerprint density at radius 1 is 1.16 bits per heavy atom. The number of hydrogen-bond donors (Lipinski definition) is 2. The summed E-state index contributed by atoms with van der Waals surface area (Å²) in [6, 6.07) is 7.60. The van der Waals surface area contributed by atoms with E-state index in [-0.39, 0.29) is 36.8 Å². The maximum Gasteiger partial charge on any atom is 0.222 e. The van der Waals surface area contributed by atoms with E-state index in [0.29, 0.717) is 18.1 Å². The minimum absolute atomic E-state index is 0. The predicted molar refractivity (Wildman–Crippen MR) is 104 cm³/mol. The van der Waals surface area contributed by atoms with Crippen LogP contribution in [0.2, 0.25) is 0 Å². The molecular weight excluding hydrogens is 361 g/mol. The third kappa shape index (κ3) is 6.03. The van der Waals surface area contributed by atoms with Gasteiger partial charge in [-0.2, -0.15) is 0 Å². The van der Waals surface area contributed by atoms with Crippen molar-refractivity contribution in [2.45, 2.75) is 38.3 Å². The van der Waals surface area contributed by atoms with Crippen molar-refractivity contribution < 1.29 is 9.90 Å². The number of amides is 1. The van der Waals surface area contributed by atoms with Crippen molar-refractivity contribution in [2.75, 3.05) is 26.2 Å². The number of nitrogens with two attached hydrogens (primary N) is 1. The van der Waals surface area contributed by atoms with Gasteiger partial charge in [-0.15, -0.1) is 24.8 Å². The number of piperazine rings is 1. The summed E-state index contributed by atoms with van der Waals surface area (Å²) >= 11 is 0. The minimum atomic E-state index is 0. The van der Waals surface area contributed by atoms with Crippen molar-refractivity contribution >= 4 is 30.7 Å². The first-order chi connectivity index (χ1) is 11.1. The van der Waals surface area contributed by atoms with Crippen molar-refractivity contribution in [3.63, 3.8) is 0 Å². The second-order valence-electron chi connectivity index (χ2n) is 6.89. The van der Waals surface area contributed by atoms with Gasteiger partial charge in [0, 0.05) is 45.2 Å². The second kappa shape index (κ2) is 10.2. The average Bonchev–Trinajstić information content (AvgIpc) is 2.93. The lowest BCUT2D eigenvalue weighted by Crippen LogP contribution is -2.49. The maximum absolute atomic E-state index is 12.4. The second-order valence-corrected chi connectivity index (χ2v) is 6.89. The van der Waals surface area contributed by atoms with E-state index in [1.807, 2.05) is 17.0 Å². The molecule has 25 heavy (non-hydrogen) atoms. The van der Waals surface area contributed by atoms with Crippen LogP contribution in [0.4, 0.5) is 0 Å². The van der Waals surface area contributed by atoms with Gasteiger partial charge in [-0.3, -0.25) is 9.69 Å². The van der Waals surface area contributed by atoms with Crippen molar-refractivity contribution in [2.24, 2.45) is 11.7 Å². The molecule has 0 aromatic heterocycles. The Bertz CT molecular complexity index is 551. The van der Waals surface area contributed by atoms with Crippen LogP contribution in [0.25, 0.3) is 0 Å². The fourth-order valence-corrected chi connectivity index (χ4v) is 3.74. The van der Waals surface area contributed by atoms with Gasteiger partial charge in [0.1, 0.15) is 5.75 Å². The third-order valence-electron chi connectivity index (χ3n) is 5.20. The molecule has 1 saturated carbocycles. The van der Waals surface area contributed by atoms with Gasteiger partial charge in [0.2, 0.25) is 5.91 Å². The highest BCUT2D eigenvalue weighted by atomic mass is 35.5. The molecule has 3 N–H and O–H groups in total. The lowest BCUT2D eigenvalue weighted by molar-refractivity contribution is -0.134. The van der Waals surface area contributed by atoms with Gasteiger partial charge in [0.25, 0.3) is 0 Å². The number of aromatic hydroxyl groups is 1. The molecule has 1 aromatic rings. The number of nitrogens with zero attached hydrogens (tertiary/aromatic N) is 2. The van der Waals surface area contributed by atoms with Gasteiger partial charge >= 0.3 is 0 Å². The first-order valence-corrected chi connectivity index (χ1v) is 8.65. The highest BCUT2D eigenvalue weighted by Gasteiger charge is 2.29. The number of hydrogen-bond acceptors (Lipinski definition) is 4. The molecule has 7 heteroatoms. The van der Waals surface area contributed by atoms with Gasteiger partial charge in [0.15, 0.2) is 0 Å². The summed E-state index contributed by atoms with van der Waals surface area (Å²) in [4.78, 5) is 16.8. The maximum atomic E-state index is 12.4. The normalized spacial score (nSPS) is 23.6. The Morgan fingerprint density at radius 2 is 1.88 bits per heavy atom. The Kier molecular flexibility index (Phi) is 9.00. The zero-order chi connectivity index (χ0) is 16.2. The number of rotatable bonds is 4. The van der Waals surface area contributed by atoms with Gasteiger partial charge in [0.05, 0.1) is 0 Å². The molecule has 1 heterocycles. The molecule has 142 valence electrons. The molecule has 0 bridgehead atoms. The van der Waals surface area contributed by atoms with E-state index in [4.69, 9.17) is 5.73 Å². The average molecular weight is 390 g/mol. The van der Waals surface area contributed by atoms with Gasteiger partial charge in [-0.05, 0) is 36.5 Å². The molecule has 0 unspecified atom stereocenters. The molecule has 2 atom stereocenters. The van der Waals surface area contributed by atoms with Gasteiger partial charge < -0.3 is 15.7 Å². The van der Waals surface area contributed by atoms with Crippen LogP contribution in [-0.4, -0.2) is 53.0 Å². The zero-order valence-electron chi connectivity index (χ0n) is 14.5. The monoisotopic (exact) mass is 389 g/mol. The first-order valence-electron chi connectivity index (χ1n) is 8.65. The highest BCUT2D eigenvalue weighted by Crippen LogP contribution is 2.27. The molecule has 1 amide bonds. The molecule has 0 radical (unpaired) electrons. The standard InChI is InChI=1S/C18H27N3O2.2ClH/c19-17-6-2-4-15(17)12-18(23)21-9-7-20(8-10-21)13-14-3-1-5-16(22)11-14;;/h1,3,5,11,15,17,22H,2,4,6-10,12-13,19H2;2*1H/t15-,17+;;/m0../s1. The minimum Gasteiger partial charge on any atom is -0.508 e. The summed E-state index contributed by atoms with van der Waals surface area (Å²) in [5, 5.41) is 9.53. The molecule has 5 nitrogen and oxygen atoms in total. The van der Waals surface area contributed by atoms with Crippen LogP contribution in [0, 0.1) is 5.92 Å². The van der Waals surface area contributed by atoms with Crippen molar-refractivity contribution in [1.82, 2.24) is 9.80 Å². The summed E-state index contributed by atoms with van der Waals surface area (Å²) < 4.78 is 0. The van der Waals surface area contributed by atoms with Crippen molar-refractivity contribution in [1.29, 1.82) is 0 Å². The molecule has 1 aromatic carbocycles. The highest BCUT2D eigenvalue weighted by molar-refractivity contribution is 5.85. The molecule has 2 aliphatic rings. The molecule has 0 spiro atoms. The SMILES string of the molecule is Cl.Cl.N[C@@H]1CCC[C@H]1CC(=O)N1CCN(Cc2cccc(O)c2)CC1. The van der Waals surface area contributed by atoms with Crippen LogP contribution < -0.4 is 5.73 Å². The quantitative estimate of drug-likeness (QED) is 0.829. The Morgan fingerprint density at radius 3 is 2.48 bits per heavy atom. The fourth-order valence-electron chi connectivity index (χ4n) is 3.74. The molecule has 2 fully saturated rings. The fraction of sp³-hybridized carbons (Fsp3) is 0.611. The van der Waals surface area contributed by atoms with E-state index in [1.165, 1.54) is 0 Å². The first kappa shape index (κ1) is 22.0. The summed E-state index contributed by atoms with van der Waals surface area (Å²) in [5.41, 5.74) is 7.19.